The van der Waals surface area contributed by atoms with Gasteiger partial charge in [0.1, 0.15) is 17.7 Å². The Bertz CT molecular complexity index is 626. The van der Waals surface area contributed by atoms with E-state index in [1.54, 1.807) is 12.1 Å². The highest BCUT2D eigenvalue weighted by molar-refractivity contribution is 5.43. The van der Waals surface area contributed by atoms with Crippen molar-refractivity contribution in [3.05, 3.63) is 65.0 Å². The van der Waals surface area contributed by atoms with Crippen molar-refractivity contribution in [3.8, 4) is 5.75 Å². The SMILES string of the molecule is CNC(c1cccc(F)c1)c1ccc2c(c1)CC(C)O2. The minimum Gasteiger partial charge on any atom is -0.490 e. The van der Waals surface area contributed by atoms with Crippen LogP contribution in [0.3, 0.4) is 0 Å². The van der Waals surface area contributed by atoms with E-state index in [0.29, 0.717) is 0 Å². The van der Waals surface area contributed by atoms with Crippen molar-refractivity contribution in [1.29, 1.82) is 0 Å². The molecule has 0 aromatic heterocycles. The Kier molecular flexibility index (Phi) is 3.45. The average molecular weight is 271 g/mol. The maximum atomic E-state index is 13.4. The Morgan fingerprint density at radius 2 is 2.00 bits per heavy atom. The normalized spacial score (nSPS) is 18.4. The van der Waals surface area contributed by atoms with Crippen LogP contribution in [0.15, 0.2) is 42.5 Å². The topological polar surface area (TPSA) is 21.3 Å². The number of rotatable bonds is 3. The number of nitrogens with one attached hydrogen (secondary N) is 1. The van der Waals surface area contributed by atoms with Gasteiger partial charge in [0.05, 0.1) is 6.04 Å². The smallest absolute Gasteiger partial charge is 0.123 e. The molecule has 0 fully saturated rings. The molecule has 2 aromatic carbocycles. The Hall–Kier alpha value is -1.87. The van der Waals surface area contributed by atoms with Gasteiger partial charge in [-0.3, -0.25) is 0 Å². The number of hydrogen-bond acceptors (Lipinski definition) is 2. The molecular formula is C17H18FNO. The van der Waals surface area contributed by atoms with E-state index in [2.05, 4.69) is 18.3 Å². The summed E-state index contributed by atoms with van der Waals surface area (Å²) in [5.41, 5.74) is 3.29. The number of fused-ring (bicyclic) bond motifs is 1. The summed E-state index contributed by atoms with van der Waals surface area (Å²) in [5.74, 6) is 0.760. The minimum atomic E-state index is -0.208. The lowest BCUT2D eigenvalue weighted by atomic mass is 9.96. The molecule has 20 heavy (non-hydrogen) atoms. The Morgan fingerprint density at radius 1 is 1.20 bits per heavy atom. The lowest BCUT2D eigenvalue weighted by Crippen LogP contribution is -2.17. The van der Waals surface area contributed by atoms with Gasteiger partial charge in [-0.2, -0.15) is 0 Å². The van der Waals surface area contributed by atoms with Gasteiger partial charge in [-0.25, -0.2) is 4.39 Å². The molecule has 2 atom stereocenters. The summed E-state index contributed by atoms with van der Waals surface area (Å²) >= 11 is 0. The fraction of sp³-hybridized carbons (Fsp3) is 0.294. The minimum absolute atomic E-state index is 0.00749. The third kappa shape index (κ3) is 2.41. The number of ether oxygens (including phenoxy) is 1. The summed E-state index contributed by atoms with van der Waals surface area (Å²) in [7, 11) is 1.89. The van der Waals surface area contributed by atoms with E-state index in [4.69, 9.17) is 4.74 Å². The summed E-state index contributed by atoms with van der Waals surface area (Å²) in [6.45, 7) is 2.07. The number of halogens is 1. The molecule has 0 radical (unpaired) electrons. The second-order valence-corrected chi connectivity index (χ2v) is 5.28. The molecule has 104 valence electrons. The predicted molar refractivity (Wildman–Crippen MR) is 77.5 cm³/mol. The van der Waals surface area contributed by atoms with E-state index in [9.17, 15) is 4.39 Å². The van der Waals surface area contributed by atoms with E-state index in [0.717, 1.165) is 23.3 Å². The highest BCUT2D eigenvalue weighted by Crippen LogP contribution is 2.32. The van der Waals surface area contributed by atoms with Crippen LogP contribution >= 0.6 is 0 Å². The Balaban J connectivity index is 1.96. The van der Waals surface area contributed by atoms with Gasteiger partial charge in [-0.15, -0.1) is 0 Å². The maximum absolute atomic E-state index is 13.4. The molecule has 0 bridgehead atoms. The van der Waals surface area contributed by atoms with Gasteiger partial charge in [0, 0.05) is 6.42 Å². The van der Waals surface area contributed by atoms with Crippen LogP contribution in [0.1, 0.15) is 29.7 Å². The second kappa shape index (κ2) is 5.25. The largest absolute Gasteiger partial charge is 0.490 e. The van der Waals surface area contributed by atoms with Crippen LogP contribution in [0.5, 0.6) is 5.75 Å². The quantitative estimate of drug-likeness (QED) is 0.923. The summed E-state index contributed by atoms with van der Waals surface area (Å²) in [6.07, 6.45) is 1.17. The van der Waals surface area contributed by atoms with Crippen LogP contribution in [0.2, 0.25) is 0 Å². The van der Waals surface area contributed by atoms with Gasteiger partial charge in [-0.1, -0.05) is 24.3 Å². The maximum Gasteiger partial charge on any atom is 0.123 e. The first kappa shape index (κ1) is 13.1. The van der Waals surface area contributed by atoms with Gasteiger partial charge >= 0.3 is 0 Å². The van der Waals surface area contributed by atoms with Gasteiger partial charge < -0.3 is 10.1 Å². The zero-order chi connectivity index (χ0) is 14.1. The van der Waals surface area contributed by atoms with E-state index >= 15 is 0 Å². The van der Waals surface area contributed by atoms with Crippen molar-refractivity contribution in [2.24, 2.45) is 0 Å². The van der Waals surface area contributed by atoms with Crippen LogP contribution in [0.4, 0.5) is 4.39 Å². The van der Waals surface area contributed by atoms with Crippen LogP contribution < -0.4 is 10.1 Å². The first-order chi connectivity index (χ1) is 9.67. The van der Waals surface area contributed by atoms with Gasteiger partial charge in [-0.05, 0) is 48.9 Å². The first-order valence-electron chi connectivity index (χ1n) is 6.89. The molecule has 1 heterocycles. The molecule has 2 unspecified atom stereocenters. The molecule has 3 rings (SSSR count). The van der Waals surface area contributed by atoms with Crippen LogP contribution in [0.25, 0.3) is 0 Å². The Morgan fingerprint density at radius 3 is 2.75 bits per heavy atom. The molecule has 0 aliphatic carbocycles. The van der Waals surface area contributed by atoms with Crippen LogP contribution in [0, 0.1) is 5.82 Å². The summed E-state index contributed by atoms with van der Waals surface area (Å²) < 4.78 is 19.1. The summed E-state index contributed by atoms with van der Waals surface area (Å²) in [4.78, 5) is 0. The van der Waals surface area contributed by atoms with Gasteiger partial charge in [0.25, 0.3) is 0 Å². The van der Waals surface area contributed by atoms with Crippen molar-refractivity contribution in [3.63, 3.8) is 0 Å². The molecule has 2 aromatic rings. The standard InChI is InChI=1S/C17H18FNO/c1-11-8-14-9-13(6-7-16(14)20-11)17(19-2)12-4-3-5-15(18)10-12/h3-7,9-11,17,19H,8H2,1-2H3. The molecule has 1 aliphatic rings. The molecule has 0 saturated carbocycles. The third-order valence-electron chi connectivity index (χ3n) is 3.72. The molecule has 0 spiro atoms. The monoisotopic (exact) mass is 271 g/mol. The van der Waals surface area contributed by atoms with E-state index in [-0.39, 0.29) is 18.0 Å². The van der Waals surface area contributed by atoms with Crippen molar-refractivity contribution in [2.75, 3.05) is 7.05 Å². The van der Waals surface area contributed by atoms with Gasteiger partial charge in [0.15, 0.2) is 0 Å². The molecule has 1 N–H and O–H groups in total. The van der Waals surface area contributed by atoms with Crippen molar-refractivity contribution in [2.45, 2.75) is 25.5 Å². The van der Waals surface area contributed by atoms with Crippen LogP contribution in [-0.2, 0) is 6.42 Å². The highest BCUT2D eigenvalue weighted by atomic mass is 19.1. The molecule has 1 aliphatic heterocycles. The van der Waals surface area contributed by atoms with Crippen molar-refractivity contribution in [1.82, 2.24) is 5.32 Å². The zero-order valence-corrected chi connectivity index (χ0v) is 11.7. The fourth-order valence-corrected chi connectivity index (χ4v) is 2.83. The summed E-state index contributed by atoms with van der Waals surface area (Å²) in [5, 5.41) is 3.26. The first-order valence-corrected chi connectivity index (χ1v) is 6.89. The predicted octanol–water partition coefficient (Wildman–Crippen LogP) is 3.46. The van der Waals surface area contributed by atoms with Crippen molar-refractivity contribution >= 4 is 0 Å². The molecule has 0 saturated heterocycles. The highest BCUT2D eigenvalue weighted by Gasteiger charge is 2.21. The van der Waals surface area contributed by atoms with E-state index in [1.165, 1.54) is 11.6 Å². The lowest BCUT2D eigenvalue weighted by molar-refractivity contribution is 0.254. The number of benzene rings is 2. The summed E-state index contributed by atoms with van der Waals surface area (Å²) in [6, 6.07) is 12.9. The third-order valence-corrected chi connectivity index (χ3v) is 3.72. The molecule has 0 amide bonds. The zero-order valence-electron chi connectivity index (χ0n) is 11.7. The van der Waals surface area contributed by atoms with E-state index in [1.807, 2.05) is 25.2 Å². The molecule has 3 heteroatoms. The fourth-order valence-electron chi connectivity index (χ4n) is 2.83. The van der Waals surface area contributed by atoms with Crippen molar-refractivity contribution < 1.29 is 9.13 Å². The van der Waals surface area contributed by atoms with E-state index < -0.39 is 0 Å². The van der Waals surface area contributed by atoms with Crippen LogP contribution in [-0.4, -0.2) is 13.2 Å². The number of hydrogen-bond donors (Lipinski definition) is 1. The average Bonchev–Trinajstić information content (AvgIpc) is 2.79. The Labute approximate surface area is 118 Å². The van der Waals surface area contributed by atoms with Gasteiger partial charge in [0.2, 0.25) is 0 Å². The molecule has 2 nitrogen and oxygen atoms in total. The lowest BCUT2D eigenvalue weighted by Gasteiger charge is -2.18. The second-order valence-electron chi connectivity index (χ2n) is 5.28. The molecular weight excluding hydrogens is 253 g/mol.